The predicted molar refractivity (Wildman–Crippen MR) is 111 cm³/mol. The number of phenolic OH excluding ortho intramolecular Hbond substituents is 1. The number of benzene rings is 2. The summed E-state index contributed by atoms with van der Waals surface area (Å²) in [6.45, 7) is 1.34. The van der Waals surface area contributed by atoms with E-state index in [-0.39, 0.29) is 18.8 Å². The molecule has 0 unspecified atom stereocenters. The Morgan fingerprint density at radius 1 is 0.968 bits per heavy atom. The van der Waals surface area contributed by atoms with Crippen molar-refractivity contribution in [3.8, 4) is 5.75 Å². The molecule has 166 valence electrons. The lowest BCUT2D eigenvalue weighted by Gasteiger charge is -2.23. The molecule has 0 fully saturated rings. The fraction of sp³-hybridized carbons (Fsp3) is 0.318. The Morgan fingerprint density at radius 3 is 2.19 bits per heavy atom. The van der Waals surface area contributed by atoms with Crippen molar-refractivity contribution in [2.45, 2.75) is 38.1 Å². The van der Waals surface area contributed by atoms with E-state index in [9.17, 15) is 24.6 Å². The van der Waals surface area contributed by atoms with Crippen molar-refractivity contribution in [3.05, 3.63) is 65.7 Å². The third-order valence-corrected chi connectivity index (χ3v) is 4.43. The molecule has 2 amide bonds. The summed E-state index contributed by atoms with van der Waals surface area (Å²) in [7, 11) is 1.14. The van der Waals surface area contributed by atoms with E-state index in [1.165, 1.54) is 19.1 Å². The summed E-state index contributed by atoms with van der Waals surface area (Å²) >= 11 is 0. The van der Waals surface area contributed by atoms with E-state index < -0.39 is 36.2 Å². The van der Waals surface area contributed by atoms with Gasteiger partial charge in [0, 0.05) is 6.42 Å². The molecular weight excluding hydrogens is 404 g/mol. The van der Waals surface area contributed by atoms with Crippen LogP contribution < -0.4 is 10.6 Å². The van der Waals surface area contributed by atoms with Crippen LogP contribution in [0.4, 0.5) is 4.79 Å². The lowest BCUT2D eigenvalue weighted by Crippen LogP contribution is -2.55. The van der Waals surface area contributed by atoms with Gasteiger partial charge < -0.3 is 30.3 Å². The van der Waals surface area contributed by atoms with Crippen LogP contribution in [0.5, 0.6) is 5.75 Å². The fourth-order valence-electron chi connectivity index (χ4n) is 2.74. The van der Waals surface area contributed by atoms with Gasteiger partial charge in [-0.2, -0.15) is 0 Å². The second-order valence-electron chi connectivity index (χ2n) is 6.88. The van der Waals surface area contributed by atoms with Gasteiger partial charge in [-0.25, -0.2) is 9.59 Å². The van der Waals surface area contributed by atoms with Gasteiger partial charge in [-0.3, -0.25) is 4.79 Å². The smallest absolute Gasteiger partial charge is 0.408 e. The normalized spacial score (nSPS) is 13.4. The van der Waals surface area contributed by atoms with Crippen molar-refractivity contribution in [1.82, 2.24) is 10.6 Å². The van der Waals surface area contributed by atoms with Crippen LogP contribution in [0.15, 0.2) is 54.6 Å². The lowest BCUT2D eigenvalue weighted by molar-refractivity contribution is -0.148. The summed E-state index contributed by atoms with van der Waals surface area (Å²) in [6, 6.07) is 12.7. The molecular formula is C22H26N2O7. The molecule has 0 bridgehead atoms. The van der Waals surface area contributed by atoms with Crippen LogP contribution in [-0.4, -0.2) is 53.5 Å². The average molecular weight is 430 g/mol. The predicted octanol–water partition coefficient (Wildman–Crippen LogP) is 1.27. The highest BCUT2D eigenvalue weighted by Gasteiger charge is 2.30. The van der Waals surface area contributed by atoms with Crippen molar-refractivity contribution in [2.75, 3.05) is 7.11 Å². The zero-order valence-electron chi connectivity index (χ0n) is 17.3. The number of esters is 1. The molecule has 9 nitrogen and oxygen atoms in total. The Labute approximate surface area is 180 Å². The van der Waals surface area contributed by atoms with Gasteiger partial charge in [0.15, 0.2) is 6.04 Å². The van der Waals surface area contributed by atoms with Crippen LogP contribution in [0.1, 0.15) is 18.1 Å². The first-order chi connectivity index (χ1) is 14.8. The number of amides is 2. The highest BCUT2D eigenvalue weighted by Crippen LogP contribution is 2.12. The summed E-state index contributed by atoms with van der Waals surface area (Å²) in [5, 5.41) is 24.1. The summed E-state index contributed by atoms with van der Waals surface area (Å²) < 4.78 is 9.78. The van der Waals surface area contributed by atoms with Gasteiger partial charge in [0.25, 0.3) is 0 Å². The summed E-state index contributed by atoms with van der Waals surface area (Å²) in [5.41, 5.74) is 1.42. The van der Waals surface area contributed by atoms with E-state index in [1.54, 1.807) is 36.4 Å². The quantitative estimate of drug-likeness (QED) is 0.440. The number of hydrogen-bond donors (Lipinski definition) is 4. The second kappa shape index (κ2) is 11.6. The number of aromatic hydroxyl groups is 1. The van der Waals surface area contributed by atoms with Gasteiger partial charge in [0.2, 0.25) is 5.91 Å². The van der Waals surface area contributed by atoms with Gasteiger partial charge in [-0.05, 0) is 30.2 Å². The number of hydrogen-bond acceptors (Lipinski definition) is 7. The van der Waals surface area contributed by atoms with Gasteiger partial charge in [-0.1, -0.05) is 42.5 Å². The minimum atomic E-state index is -1.30. The number of rotatable bonds is 9. The van der Waals surface area contributed by atoms with Crippen molar-refractivity contribution in [2.24, 2.45) is 0 Å². The topological polar surface area (TPSA) is 134 Å². The molecule has 3 atom stereocenters. The molecule has 0 aromatic heterocycles. The number of carbonyl (C=O) groups is 3. The summed E-state index contributed by atoms with van der Waals surface area (Å²) in [4.78, 5) is 37.0. The first-order valence-corrected chi connectivity index (χ1v) is 9.61. The summed E-state index contributed by atoms with van der Waals surface area (Å²) in [5.74, 6) is -1.47. The molecule has 2 aromatic rings. The number of carbonyl (C=O) groups excluding carboxylic acids is 3. The molecule has 31 heavy (non-hydrogen) atoms. The van der Waals surface area contributed by atoms with Crippen molar-refractivity contribution in [1.29, 1.82) is 0 Å². The number of alkyl carbamates (subject to hydrolysis) is 1. The molecule has 2 rings (SSSR count). The third kappa shape index (κ3) is 7.63. The van der Waals surface area contributed by atoms with Crippen LogP contribution in [0, 0.1) is 0 Å². The van der Waals surface area contributed by atoms with Crippen LogP contribution >= 0.6 is 0 Å². The first-order valence-electron chi connectivity index (χ1n) is 9.61. The van der Waals surface area contributed by atoms with E-state index >= 15 is 0 Å². The molecule has 0 spiro atoms. The number of aliphatic hydroxyl groups is 1. The van der Waals surface area contributed by atoms with Crippen LogP contribution in [-0.2, 0) is 32.1 Å². The Morgan fingerprint density at radius 2 is 1.61 bits per heavy atom. The maximum atomic E-state index is 12.8. The minimum Gasteiger partial charge on any atom is -0.508 e. The van der Waals surface area contributed by atoms with Crippen molar-refractivity contribution < 1.29 is 34.1 Å². The lowest BCUT2D eigenvalue weighted by atomic mass is 10.0. The standard InChI is InChI=1S/C22H26N2O7/c1-14(25)19(21(28)30-2)24-20(27)18(12-15-8-10-17(26)11-9-15)23-22(29)31-13-16-6-4-3-5-7-16/h3-11,14,18-19,25-26H,12-13H2,1-2H3,(H,23,29)(H,24,27)/t14-,18+,19+/m0/s1. The molecule has 0 radical (unpaired) electrons. The number of methoxy groups -OCH3 is 1. The van der Waals surface area contributed by atoms with Crippen molar-refractivity contribution >= 4 is 18.0 Å². The van der Waals surface area contributed by atoms with Gasteiger partial charge >= 0.3 is 12.1 Å². The monoisotopic (exact) mass is 430 g/mol. The van der Waals surface area contributed by atoms with E-state index in [4.69, 9.17) is 4.74 Å². The third-order valence-electron chi connectivity index (χ3n) is 4.43. The fourth-order valence-corrected chi connectivity index (χ4v) is 2.74. The van der Waals surface area contributed by atoms with Gasteiger partial charge in [0.1, 0.15) is 18.4 Å². The number of aliphatic hydroxyl groups excluding tert-OH is 1. The van der Waals surface area contributed by atoms with Gasteiger partial charge in [0.05, 0.1) is 13.2 Å². The SMILES string of the molecule is COC(=O)[C@H](NC(=O)[C@@H](Cc1ccc(O)cc1)NC(=O)OCc1ccccc1)[C@H](C)O. The highest BCUT2D eigenvalue weighted by atomic mass is 16.5. The second-order valence-corrected chi connectivity index (χ2v) is 6.88. The molecule has 0 saturated heterocycles. The largest absolute Gasteiger partial charge is 0.508 e. The van der Waals surface area contributed by atoms with E-state index in [1.807, 2.05) is 6.07 Å². The Kier molecular flexibility index (Phi) is 8.83. The Balaban J connectivity index is 2.10. The number of phenols is 1. The van der Waals surface area contributed by atoms with E-state index in [2.05, 4.69) is 15.4 Å². The maximum Gasteiger partial charge on any atom is 0.408 e. The molecule has 0 saturated carbocycles. The average Bonchev–Trinajstić information content (AvgIpc) is 2.76. The zero-order chi connectivity index (χ0) is 22.8. The van der Waals surface area contributed by atoms with Crippen LogP contribution in [0.2, 0.25) is 0 Å². The Bertz CT molecular complexity index is 869. The molecule has 2 aromatic carbocycles. The van der Waals surface area contributed by atoms with Crippen LogP contribution in [0.3, 0.4) is 0 Å². The molecule has 0 heterocycles. The van der Waals surface area contributed by atoms with Gasteiger partial charge in [-0.15, -0.1) is 0 Å². The summed E-state index contributed by atoms with van der Waals surface area (Å²) in [6.07, 6.45) is -1.98. The van der Waals surface area contributed by atoms with Crippen molar-refractivity contribution in [3.63, 3.8) is 0 Å². The number of nitrogens with one attached hydrogen (secondary N) is 2. The number of ether oxygens (including phenoxy) is 2. The van der Waals surface area contributed by atoms with E-state index in [0.29, 0.717) is 5.56 Å². The molecule has 0 aliphatic heterocycles. The first kappa shape index (κ1) is 23.7. The maximum absolute atomic E-state index is 12.8. The highest BCUT2D eigenvalue weighted by molar-refractivity contribution is 5.90. The molecule has 9 heteroatoms. The molecule has 4 N–H and O–H groups in total. The molecule has 0 aliphatic rings. The van der Waals surface area contributed by atoms with Crippen LogP contribution in [0.25, 0.3) is 0 Å². The van der Waals surface area contributed by atoms with E-state index in [0.717, 1.165) is 12.7 Å². The minimum absolute atomic E-state index is 0.0126. The molecule has 0 aliphatic carbocycles. The Hall–Kier alpha value is -3.59. The zero-order valence-corrected chi connectivity index (χ0v) is 17.3.